The minimum atomic E-state index is 0.422. The molecule has 0 atom stereocenters. The van der Waals surface area contributed by atoms with Gasteiger partial charge >= 0.3 is 0 Å². The molecule has 0 bridgehead atoms. The molecule has 0 spiro atoms. The van der Waals surface area contributed by atoms with Gasteiger partial charge in [0.25, 0.3) is 0 Å². The summed E-state index contributed by atoms with van der Waals surface area (Å²) in [5, 5.41) is 20.9. The van der Waals surface area contributed by atoms with E-state index in [-0.39, 0.29) is 0 Å². The van der Waals surface area contributed by atoms with Gasteiger partial charge in [0.1, 0.15) is 6.07 Å². The Morgan fingerprint density at radius 1 is 1.53 bits per heavy atom. The molecule has 0 fully saturated rings. The second-order valence-electron chi connectivity index (χ2n) is 3.33. The summed E-state index contributed by atoms with van der Waals surface area (Å²) in [6.07, 6.45) is 0. The third kappa shape index (κ3) is 2.43. The van der Waals surface area contributed by atoms with Crippen molar-refractivity contribution in [2.75, 3.05) is 0 Å². The molecular weight excluding hydrogens is 236 g/mol. The zero-order chi connectivity index (χ0) is 12.3. The average Bonchev–Trinajstić information content (AvgIpc) is 2.75. The fourth-order valence-electron chi connectivity index (χ4n) is 1.29. The van der Waals surface area contributed by atoms with E-state index in [1.165, 1.54) is 11.8 Å². The molecule has 2 rings (SSSR count). The van der Waals surface area contributed by atoms with Crippen LogP contribution in [0.5, 0.6) is 0 Å². The summed E-state index contributed by atoms with van der Waals surface area (Å²) in [5.74, 6) is 0. The van der Waals surface area contributed by atoms with Gasteiger partial charge in [-0.15, -0.1) is 5.10 Å². The molecule has 0 saturated carbocycles. The number of aryl methyl sites for hydroxylation is 1. The van der Waals surface area contributed by atoms with Crippen molar-refractivity contribution in [2.45, 2.75) is 16.6 Å². The smallest absolute Gasteiger partial charge is 0.213 e. The first kappa shape index (κ1) is 11.6. The van der Waals surface area contributed by atoms with Crippen molar-refractivity contribution in [3.8, 4) is 6.07 Å². The molecule has 2 aromatic rings. The Balaban J connectivity index is 2.34. The molecule has 0 saturated heterocycles. The summed E-state index contributed by atoms with van der Waals surface area (Å²) < 4.78 is 1.56. The standard InChI is InChI=1S/C10H10N6S/c1-16-10(13-14-15-16)17-9-3-2-7(5-11)4-8(9)6-12/h2-4H,5,11H2,1H3. The SMILES string of the molecule is Cn1nnnc1Sc1ccc(CN)cc1C#N. The van der Waals surface area contributed by atoms with Gasteiger partial charge in [-0.25, -0.2) is 4.68 Å². The number of tetrazole rings is 1. The largest absolute Gasteiger partial charge is 0.326 e. The number of hydrogen-bond acceptors (Lipinski definition) is 6. The van der Waals surface area contributed by atoms with Crippen LogP contribution in [0.1, 0.15) is 11.1 Å². The maximum Gasteiger partial charge on any atom is 0.213 e. The van der Waals surface area contributed by atoms with Crippen molar-refractivity contribution in [2.24, 2.45) is 12.8 Å². The number of hydrogen-bond donors (Lipinski definition) is 1. The third-order valence-corrected chi connectivity index (χ3v) is 3.29. The number of aromatic nitrogens is 4. The highest BCUT2D eigenvalue weighted by Gasteiger charge is 2.09. The second kappa shape index (κ2) is 4.95. The average molecular weight is 246 g/mol. The van der Waals surface area contributed by atoms with Crippen LogP contribution in [-0.4, -0.2) is 20.2 Å². The molecule has 0 aliphatic heterocycles. The number of nitrogens with zero attached hydrogens (tertiary/aromatic N) is 5. The second-order valence-corrected chi connectivity index (χ2v) is 4.34. The Kier molecular flexibility index (Phi) is 3.37. The summed E-state index contributed by atoms with van der Waals surface area (Å²) in [6, 6.07) is 7.69. The van der Waals surface area contributed by atoms with Gasteiger partial charge in [0.15, 0.2) is 0 Å². The van der Waals surface area contributed by atoms with Crippen LogP contribution < -0.4 is 5.73 Å². The van der Waals surface area contributed by atoms with Crippen LogP contribution in [-0.2, 0) is 13.6 Å². The lowest BCUT2D eigenvalue weighted by molar-refractivity contribution is 0.664. The first-order chi connectivity index (χ1) is 8.24. The van der Waals surface area contributed by atoms with Crippen LogP contribution in [0.2, 0.25) is 0 Å². The van der Waals surface area contributed by atoms with Gasteiger partial charge in [-0.1, -0.05) is 6.07 Å². The predicted octanol–water partition coefficient (Wildman–Crippen LogP) is 0.692. The Morgan fingerprint density at radius 2 is 2.35 bits per heavy atom. The molecule has 6 nitrogen and oxygen atoms in total. The Hall–Kier alpha value is -1.91. The van der Waals surface area contributed by atoms with Crippen LogP contribution in [0, 0.1) is 11.3 Å². The van der Waals surface area contributed by atoms with Gasteiger partial charge in [-0.3, -0.25) is 0 Å². The van der Waals surface area contributed by atoms with Crippen molar-refractivity contribution in [3.63, 3.8) is 0 Å². The Morgan fingerprint density at radius 3 is 2.94 bits per heavy atom. The maximum absolute atomic E-state index is 9.07. The quantitative estimate of drug-likeness (QED) is 0.856. The van der Waals surface area contributed by atoms with Crippen molar-refractivity contribution in [1.29, 1.82) is 5.26 Å². The van der Waals surface area contributed by atoms with E-state index in [1.54, 1.807) is 17.8 Å². The van der Waals surface area contributed by atoms with E-state index in [4.69, 9.17) is 11.0 Å². The number of nitrogens with two attached hydrogens (primary N) is 1. The molecule has 0 aliphatic rings. The molecule has 0 aliphatic carbocycles. The van der Waals surface area contributed by atoms with E-state index < -0.39 is 0 Å². The predicted molar refractivity (Wildman–Crippen MR) is 62.0 cm³/mol. The van der Waals surface area contributed by atoms with Crippen molar-refractivity contribution in [3.05, 3.63) is 29.3 Å². The lowest BCUT2D eigenvalue weighted by Gasteiger charge is -2.04. The summed E-state index contributed by atoms with van der Waals surface area (Å²) in [4.78, 5) is 0.822. The molecule has 7 heteroatoms. The van der Waals surface area contributed by atoms with Gasteiger partial charge in [0.05, 0.1) is 5.56 Å². The van der Waals surface area contributed by atoms with Gasteiger partial charge in [-0.2, -0.15) is 5.26 Å². The topological polar surface area (TPSA) is 93.4 Å². The van der Waals surface area contributed by atoms with E-state index in [9.17, 15) is 0 Å². The van der Waals surface area contributed by atoms with E-state index in [1.807, 2.05) is 12.1 Å². The molecule has 17 heavy (non-hydrogen) atoms. The number of nitriles is 1. The highest BCUT2D eigenvalue weighted by molar-refractivity contribution is 7.99. The first-order valence-electron chi connectivity index (χ1n) is 4.88. The van der Waals surface area contributed by atoms with E-state index in [0.29, 0.717) is 17.3 Å². The fourth-order valence-corrected chi connectivity index (χ4v) is 2.08. The first-order valence-corrected chi connectivity index (χ1v) is 5.69. The van der Waals surface area contributed by atoms with Crippen molar-refractivity contribution >= 4 is 11.8 Å². The maximum atomic E-state index is 9.07. The van der Waals surface area contributed by atoms with Gasteiger partial charge in [-0.05, 0) is 39.9 Å². The molecule has 0 amide bonds. The molecule has 0 unspecified atom stereocenters. The lowest BCUT2D eigenvalue weighted by Crippen LogP contribution is -1.98. The van der Waals surface area contributed by atoms with E-state index >= 15 is 0 Å². The van der Waals surface area contributed by atoms with Crippen LogP contribution in [0.4, 0.5) is 0 Å². The third-order valence-electron chi connectivity index (χ3n) is 2.18. The number of benzene rings is 1. The molecule has 2 N–H and O–H groups in total. The molecule has 0 radical (unpaired) electrons. The minimum Gasteiger partial charge on any atom is -0.326 e. The fraction of sp³-hybridized carbons (Fsp3) is 0.200. The van der Waals surface area contributed by atoms with Crippen LogP contribution in [0.3, 0.4) is 0 Å². The van der Waals surface area contributed by atoms with Gasteiger partial charge < -0.3 is 5.73 Å². The number of rotatable bonds is 3. The summed E-state index contributed by atoms with van der Waals surface area (Å²) in [7, 11) is 1.75. The lowest BCUT2D eigenvalue weighted by atomic mass is 10.1. The summed E-state index contributed by atoms with van der Waals surface area (Å²) in [5.41, 5.74) is 7.05. The van der Waals surface area contributed by atoms with Gasteiger partial charge in [0.2, 0.25) is 5.16 Å². The van der Waals surface area contributed by atoms with E-state index in [2.05, 4.69) is 21.6 Å². The molecular formula is C10H10N6S. The van der Waals surface area contributed by atoms with Crippen molar-refractivity contribution in [1.82, 2.24) is 20.2 Å². The summed E-state index contributed by atoms with van der Waals surface area (Å²) >= 11 is 1.35. The van der Waals surface area contributed by atoms with Crippen LogP contribution in [0.25, 0.3) is 0 Å². The van der Waals surface area contributed by atoms with Gasteiger partial charge in [0, 0.05) is 18.5 Å². The summed E-state index contributed by atoms with van der Waals surface area (Å²) in [6.45, 7) is 0.422. The van der Waals surface area contributed by atoms with Crippen LogP contribution >= 0.6 is 11.8 Å². The Labute approximate surface area is 102 Å². The minimum absolute atomic E-state index is 0.422. The zero-order valence-electron chi connectivity index (χ0n) is 9.16. The Bertz CT molecular complexity index is 570. The molecule has 1 aromatic heterocycles. The molecule has 1 heterocycles. The van der Waals surface area contributed by atoms with E-state index in [0.717, 1.165) is 10.5 Å². The molecule has 1 aromatic carbocycles. The zero-order valence-corrected chi connectivity index (χ0v) is 9.98. The monoisotopic (exact) mass is 246 g/mol. The highest BCUT2D eigenvalue weighted by Crippen LogP contribution is 2.28. The normalized spacial score (nSPS) is 10.2. The highest BCUT2D eigenvalue weighted by atomic mass is 32.2. The molecule has 86 valence electrons. The van der Waals surface area contributed by atoms with Crippen molar-refractivity contribution < 1.29 is 0 Å². The van der Waals surface area contributed by atoms with Crippen LogP contribution in [0.15, 0.2) is 28.3 Å².